The lowest BCUT2D eigenvalue weighted by Gasteiger charge is -2.24. The third-order valence-corrected chi connectivity index (χ3v) is 3.31. The van der Waals surface area contributed by atoms with Gasteiger partial charge in [0.2, 0.25) is 0 Å². The summed E-state index contributed by atoms with van der Waals surface area (Å²) in [5, 5.41) is 9.43. The van der Waals surface area contributed by atoms with Crippen molar-refractivity contribution in [3.05, 3.63) is 29.8 Å². The normalized spacial score (nSPS) is 17.6. The molecule has 1 aliphatic rings. The number of likely N-dealkylation sites (tertiary alicyclic amines) is 1. The largest absolute Gasteiger partial charge is 0.491 e. The highest BCUT2D eigenvalue weighted by Crippen LogP contribution is 2.27. The average molecular weight is 263 g/mol. The minimum absolute atomic E-state index is 0.125. The standard InChI is InChI=1S/C15H21NO3/c1-11(2)19-13-7-5-12(6-8-13)14(15(17)18)16-9-3-4-10-16/h5-8,11,14H,3-4,9-10H2,1-2H3,(H,17,18). The van der Waals surface area contributed by atoms with E-state index in [4.69, 9.17) is 4.74 Å². The third kappa shape index (κ3) is 3.47. The molecule has 4 heteroatoms. The van der Waals surface area contributed by atoms with Crippen molar-refractivity contribution in [2.24, 2.45) is 0 Å². The molecule has 1 unspecified atom stereocenters. The number of nitrogens with zero attached hydrogens (tertiary/aromatic N) is 1. The van der Waals surface area contributed by atoms with E-state index in [-0.39, 0.29) is 6.10 Å². The van der Waals surface area contributed by atoms with E-state index in [0.29, 0.717) is 0 Å². The Hall–Kier alpha value is -1.55. The first-order valence-electron chi connectivity index (χ1n) is 6.81. The zero-order valence-corrected chi connectivity index (χ0v) is 11.5. The molecule has 1 atom stereocenters. The average Bonchev–Trinajstić information content (AvgIpc) is 2.84. The number of carbonyl (C=O) groups is 1. The van der Waals surface area contributed by atoms with Crippen molar-refractivity contribution < 1.29 is 14.6 Å². The summed E-state index contributed by atoms with van der Waals surface area (Å²) in [5.74, 6) is 0.00346. The van der Waals surface area contributed by atoms with Gasteiger partial charge in [-0.3, -0.25) is 9.69 Å². The van der Waals surface area contributed by atoms with E-state index in [9.17, 15) is 9.90 Å². The summed E-state index contributed by atoms with van der Waals surface area (Å²) in [5.41, 5.74) is 0.825. The van der Waals surface area contributed by atoms with Gasteiger partial charge >= 0.3 is 5.97 Å². The van der Waals surface area contributed by atoms with E-state index in [0.717, 1.165) is 37.2 Å². The van der Waals surface area contributed by atoms with E-state index in [1.807, 2.05) is 43.0 Å². The molecular formula is C15H21NO3. The van der Waals surface area contributed by atoms with Crippen molar-refractivity contribution in [3.63, 3.8) is 0 Å². The molecule has 0 spiro atoms. The molecule has 2 rings (SSSR count). The summed E-state index contributed by atoms with van der Waals surface area (Å²) in [7, 11) is 0. The summed E-state index contributed by atoms with van der Waals surface area (Å²) >= 11 is 0. The maximum Gasteiger partial charge on any atom is 0.325 e. The topological polar surface area (TPSA) is 49.8 Å². The number of carboxylic acids is 1. The molecule has 0 amide bonds. The van der Waals surface area contributed by atoms with Gasteiger partial charge in [0, 0.05) is 0 Å². The lowest BCUT2D eigenvalue weighted by Crippen LogP contribution is -2.31. The molecule has 1 fully saturated rings. The second-order valence-corrected chi connectivity index (χ2v) is 5.22. The van der Waals surface area contributed by atoms with E-state index < -0.39 is 12.0 Å². The zero-order valence-electron chi connectivity index (χ0n) is 11.5. The molecule has 0 aliphatic carbocycles. The van der Waals surface area contributed by atoms with Gasteiger partial charge in [-0.1, -0.05) is 12.1 Å². The Balaban J connectivity index is 2.15. The second kappa shape index (κ2) is 6.06. The van der Waals surface area contributed by atoms with Crippen LogP contribution in [-0.2, 0) is 4.79 Å². The van der Waals surface area contributed by atoms with Crippen LogP contribution in [0.2, 0.25) is 0 Å². The highest BCUT2D eigenvalue weighted by atomic mass is 16.5. The number of hydrogen-bond acceptors (Lipinski definition) is 3. The molecular weight excluding hydrogens is 242 g/mol. The van der Waals surface area contributed by atoms with Crippen LogP contribution >= 0.6 is 0 Å². The maximum absolute atomic E-state index is 11.5. The summed E-state index contributed by atoms with van der Waals surface area (Å²) in [4.78, 5) is 13.5. The lowest BCUT2D eigenvalue weighted by molar-refractivity contribution is -0.143. The molecule has 19 heavy (non-hydrogen) atoms. The van der Waals surface area contributed by atoms with Gasteiger partial charge in [0.1, 0.15) is 11.8 Å². The molecule has 1 aromatic rings. The van der Waals surface area contributed by atoms with Gasteiger partial charge in [0.25, 0.3) is 0 Å². The predicted molar refractivity (Wildman–Crippen MR) is 73.4 cm³/mol. The minimum Gasteiger partial charge on any atom is -0.491 e. The molecule has 0 aromatic heterocycles. The van der Waals surface area contributed by atoms with E-state index in [1.165, 1.54) is 0 Å². The van der Waals surface area contributed by atoms with Crippen LogP contribution in [0.25, 0.3) is 0 Å². The number of carboxylic acid groups (broad SMARTS) is 1. The molecule has 1 N–H and O–H groups in total. The highest BCUT2D eigenvalue weighted by Gasteiger charge is 2.29. The van der Waals surface area contributed by atoms with Gasteiger partial charge in [0.05, 0.1) is 6.10 Å². The van der Waals surface area contributed by atoms with Crippen molar-refractivity contribution in [1.29, 1.82) is 0 Å². The van der Waals surface area contributed by atoms with E-state index in [2.05, 4.69) is 0 Å². The first kappa shape index (κ1) is 13.9. The first-order valence-corrected chi connectivity index (χ1v) is 6.81. The zero-order chi connectivity index (χ0) is 13.8. The van der Waals surface area contributed by atoms with Gasteiger partial charge in [-0.15, -0.1) is 0 Å². The fourth-order valence-electron chi connectivity index (χ4n) is 2.51. The fraction of sp³-hybridized carbons (Fsp3) is 0.533. The number of benzene rings is 1. The Kier molecular flexibility index (Phi) is 4.43. The van der Waals surface area contributed by atoms with Crippen molar-refractivity contribution >= 4 is 5.97 Å². The maximum atomic E-state index is 11.5. The second-order valence-electron chi connectivity index (χ2n) is 5.22. The molecule has 0 bridgehead atoms. The summed E-state index contributed by atoms with van der Waals surface area (Å²) in [6, 6.07) is 6.88. The van der Waals surface area contributed by atoms with Crippen molar-refractivity contribution in [3.8, 4) is 5.75 Å². The van der Waals surface area contributed by atoms with Crippen LogP contribution in [0.4, 0.5) is 0 Å². The van der Waals surface area contributed by atoms with Gasteiger partial charge in [0.15, 0.2) is 0 Å². The summed E-state index contributed by atoms with van der Waals surface area (Å²) in [6.45, 7) is 5.67. The van der Waals surface area contributed by atoms with Crippen molar-refractivity contribution in [1.82, 2.24) is 4.90 Å². The fourth-order valence-corrected chi connectivity index (χ4v) is 2.51. The van der Waals surface area contributed by atoms with Crippen LogP contribution in [0.5, 0.6) is 5.75 Å². The Morgan fingerprint density at radius 3 is 2.26 bits per heavy atom. The van der Waals surface area contributed by atoms with Gasteiger partial charge in [-0.05, 0) is 57.5 Å². The Morgan fingerprint density at radius 1 is 1.21 bits per heavy atom. The van der Waals surface area contributed by atoms with Gasteiger partial charge in [-0.25, -0.2) is 0 Å². The van der Waals surface area contributed by atoms with Crippen LogP contribution in [0.3, 0.4) is 0 Å². The molecule has 1 aromatic carbocycles. The van der Waals surface area contributed by atoms with Gasteiger partial charge < -0.3 is 9.84 Å². The van der Waals surface area contributed by atoms with Crippen molar-refractivity contribution in [2.75, 3.05) is 13.1 Å². The predicted octanol–water partition coefficient (Wildman–Crippen LogP) is 2.70. The van der Waals surface area contributed by atoms with Crippen LogP contribution in [-0.4, -0.2) is 35.2 Å². The van der Waals surface area contributed by atoms with Crippen LogP contribution in [0, 0.1) is 0 Å². The molecule has 1 heterocycles. The molecule has 1 aliphatic heterocycles. The third-order valence-electron chi connectivity index (χ3n) is 3.31. The van der Waals surface area contributed by atoms with E-state index >= 15 is 0 Å². The molecule has 0 radical (unpaired) electrons. The SMILES string of the molecule is CC(C)Oc1ccc(C(C(=O)O)N2CCCC2)cc1. The summed E-state index contributed by atoms with van der Waals surface area (Å²) < 4.78 is 5.57. The van der Waals surface area contributed by atoms with Gasteiger partial charge in [-0.2, -0.15) is 0 Å². The number of ether oxygens (including phenoxy) is 1. The van der Waals surface area contributed by atoms with Crippen LogP contribution < -0.4 is 4.74 Å². The number of aliphatic carboxylic acids is 1. The van der Waals surface area contributed by atoms with Crippen LogP contribution in [0.1, 0.15) is 38.3 Å². The Morgan fingerprint density at radius 2 is 1.79 bits per heavy atom. The molecule has 104 valence electrons. The molecule has 0 saturated carbocycles. The van der Waals surface area contributed by atoms with E-state index in [1.54, 1.807) is 0 Å². The highest BCUT2D eigenvalue weighted by molar-refractivity contribution is 5.75. The minimum atomic E-state index is -0.778. The quantitative estimate of drug-likeness (QED) is 0.887. The number of rotatable bonds is 5. The Bertz CT molecular complexity index is 422. The van der Waals surface area contributed by atoms with Crippen LogP contribution in [0.15, 0.2) is 24.3 Å². The smallest absolute Gasteiger partial charge is 0.325 e. The lowest BCUT2D eigenvalue weighted by atomic mass is 10.1. The number of hydrogen-bond donors (Lipinski definition) is 1. The van der Waals surface area contributed by atoms with Crippen molar-refractivity contribution in [2.45, 2.75) is 38.8 Å². The first-order chi connectivity index (χ1) is 9.08. The Labute approximate surface area is 114 Å². The monoisotopic (exact) mass is 263 g/mol. The molecule has 1 saturated heterocycles. The molecule has 4 nitrogen and oxygen atoms in total. The summed E-state index contributed by atoms with van der Waals surface area (Å²) in [6.07, 6.45) is 2.29.